The molecule has 2 heterocycles. The molecule has 0 bridgehead atoms. The van der Waals surface area contributed by atoms with Gasteiger partial charge in [0, 0.05) is 5.38 Å². The number of carboxylic acid groups (broad SMARTS) is 1. The van der Waals surface area contributed by atoms with Gasteiger partial charge in [-0.2, -0.15) is 0 Å². The minimum Gasteiger partial charge on any atom is -0.480 e. The molecule has 3 rings (SSSR count). The van der Waals surface area contributed by atoms with Gasteiger partial charge in [0.2, 0.25) is 0 Å². The normalized spacial score (nSPS) is 11.0. The Balaban J connectivity index is 2.25. The molecule has 0 aliphatic rings. The van der Waals surface area contributed by atoms with Crippen LogP contribution in [-0.4, -0.2) is 25.6 Å². The molecule has 3 aromatic rings. The third-order valence-corrected chi connectivity index (χ3v) is 3.57. The van der Waals surface area contributed by atoms with Crippen LogP contribution in [0, 0.1) is 6.92 Å². The summed E-state index contributed by atoms with van der Waals surface area (Å²) >= 11 is 1.52. The van der Waals surface area contributed by atoms with Crippen molar-refractivity contribution in [2.24, 2.45) is 0 Å². The summed E-state index contributed by atoms with van der Waals surface area (Å²) in [4.78, 5) is 19.9. The highest BCUT2D eigenvalue weighted by Crippen LogP contribution is 2.25. The fraction of sp³-hybridized carbons (Fsp3) is 0.154. The highest BCUT2D eigenvalue weighted by atomic mass is 32.1. The number of carboxylic acids is 1. The number of rotatable bonds is 3. The zero-order chi connectivity index (χ0) is 13.4. The first-order valence-electron chi connectivity index (χ1n) is 5.75. The van der Waals surface area contributed by atoms with Gasteiger partial charge in [0.15, 0.2) is 5.82 Å². The van der Waals surface area contributed by atoms with Crippen molar-refractivity contribution >= 4 is 28.3 Å². The Labute approximate surface area is 113 Å². The van der Waals surface area contributed by atoms with Crippen molar-refractivity contribution in [2.45, 2.75) is 13.5 Å². The van der Waals surface area contributed by atoms with E-state index in [4.69, 9.17) is 5.11 Å². The number of thiazole rings is 1. The molecule has 0 fully saturated rings. The van der Waals surface area contributed by atoms with Crippen LogP contribution in [0.4, 0.5) is 0 Å². The summed E-state index contributed by atoms with van der Waals surface area (Å²) in [6, 6.07) is 7.50. The molecule has 5 nitrogen and oxygen atoms in total. The highest BCUT2D eigenvalue weighted by Gasteiger charge is 2.16. The molecule has 19 heavy (non-hydrogen) atoms. The fourth-order valence-electron chi connectivity index (χ4n) is 2.03. The first-order chi connectivity index (χ1) is 9.15. The molecule has 96 valence electrons. The number of imidazole rings is 1. The topological polar surface area (TPSA) is 68.0 Å². The van der Waals surface area contributed by atoms with Crippen LogP contribution >= 0.6 is 11.3 Å². The van der Waals surface area contributed by atoms with Gasteiger partial charge in [-0.3, -0.25) is 4.79 Å². The zero-order valence-corrected chi connectivity index (χ0v) is 11.0. The van der Waals surface area contributed by atoms with Gasteiger partial charge in [-0.25, -0.2) is 9.97 Å². The number of hydrogen-bond acceptors (Lipinski definition) is 4. The van der Waals surface area contributed by atoms with Gasteiger partial charge in [0.1, 0.15) is 12.2 Å². The summed E-state index contributed by atoms with van der Waals surface area (Å²) in [5, 5.41) is 11.9. The van der Waals surface area contributed by atoms with Gasteiger partial charge in [0.25, 0.3) is 0 Å². The monoisotopic (exact) mass is 273 g/mol. The van der Waals surface area contributed by atoms with E-state index in [2.05, 4.69) is 9.97 Å². The van der Waals surface area contributed by atoms with Crippen LogP contribution in [0.5, 0.6) is 0 Å². The number of fused-ring (bicyclic) bond motifs is 1. The van der Waals surface area contributed by atoms with E-state index in [-0.39, 0.29) is 6.54 Å². The number of nitrogens with zero attached hydrogens (tertiary/aromatic N) is 3. The first-order valence-corrected chi connectivity index (χ1v) is 6.62. The van der Waals surface area contributed by atoms with Gasteiger partial charge < -0.3 is 9.67 Å². The van der Waals surface area contributed by atoms with Gasteiger partial charge in [0.05, 0.1) is 16.0 Å². The van der Waals surface area contributed by atoms with Crippen LogP contribution in [0.25, 0.3) is 22.6 Å². The van der Waals surface area contributed by atoms with Gasteiger partial charge in [-0.15, -0.1) is 11.3 Å². The molecule has 1 aromatic carbocycles. The smallest absolute Gasteiger partial charge is 0.323 e. The van der Waals surface area contributed by atoms with Crippen LogP contribution in [0.1, 0.15) is 5.01 Å². The molecule has 0 radical (unpaired) electrons. The number of hydrogen-bond donors (Lipinski definition) is 1. The van der Waals surface area contributed by atoms with Crippen LogP contribution in [0.2, 0.25) is 0 Å². The van der Waals surface area contributed by atoms with Crippen LogP contribution in [0.15, 0.2) is 29.6 Å². The van der Waals surface area contributed by atoms with Crippen molar-refractivity contribution < 1.29 is 9.90 Å². The van der Waals surface area contributed by atoms with Crippen molar-refractivity contribution in [3.8, 4) is 11.5 Å². The SMILES string of the molecule is Cc1nc(-c2nc3ccccc3n2CC(=O)O)cs1. The predicted molar refractivity (Wildman–Crippen MR) is 73.2 cm³/mol. The molecule has 6 heteroatoms. The Morgan fingerprint density at radius 2 is 2.16 bits per heavy atom. The molecular formula is C13H11N3O2S. The van der Waals surface area contributed by atoms with Crippen molar-refractivity contribution in [3.63, 3.8) is 0 Å². The third-order valence-electron chi connectivity index (χ3n) is 2.80. The Bertz CT molecular complexity index is 760. The lowest BCUT2D eigenvalue weighted by molar-refractivity contribution is -0.137. The van der Waals surface area contributed by atoms with E-state index in [1.165, 1.54) is 11.3 Å². The molecule has 2 aromatic heterocycles. The van der Waals surface area contributed by atoms with E-state index in [1.54, 1.807) is 4.57 Å². The number of aromatic nitrogens is 3. The quantitative estimate of drug-likeness (QED) is 0.796. The predicted octanol–water partition coefficient (Wildman–Crippen LogP) is 2.55. The van der Waals surface area contributed by atoms with Crippen molar-refractivity contribution in [1.29, 1.82) is 0 Å². The van der Waals surface area contributed by atoms with Gasteiger partial charge in [-0.1, -0.05) is 12.1 Å². The summed E-state index contributed by atoms with van der Waals surface area (Å²) in [5.74, 6) is -0.288. The van der Waals surface area contributed by atoms with Crippen molar-refractivity contribution in [2.75, 3.05) is 0 Å². The highest BCUT2D eigenvalue weighted by molar-refractivity contribution is 7.09. The van der Waals surface area contributed by atoms with E-state index in [0.717, 1.165) is 21.7 Å². The minimum absolute atomic E-state index is 0.119. The van der Waals surface area contributed by atoms with E-state index < -0.39 is 5.97 Å². The summed E-state index contributed by atoms with van der Waals surface area (Å²) in [7, 11) is 0. The number of benzene rings is 1. The Hall–Kier alpha value is -2.21. The van der Waals surface area contributed by atoms with Crippen molar-refractivity contribution in [3.05, 3.63) is 34.7 Å². The summed E-state index contributed by atoms with van der Waals surface area (Å²) in [6.07, 6.45) is 0. The average molecular weight is 273 g/mol. The van der Waals surface area contributed by atoms with Gasteiger partial charge >= 0.3 is 5.97 Å². The lowest BCUT2D eigenvalue weighted by Gasteiger charge is -2.03. The maximum absolute atomic E-state index is 11.0. The second-order valence-electron chi connectivity index (χ2n) is 4.16. The molecule has 0 aliphatic heterocycles. The third kappa shape index (κ3) is 2.10. The maximum atomic E-state index is 11.0. The average Bonchev–Trinajstić information content (AvgIpc) is 2.94. The molecule has 0 unspecified atom stereocenters. The molecule has 1 N–H and O–H groups in total. The Kier molecular flexibility index (Phi) is 2.79. The molecule has 0 saturated carbocycles. The van der Waals surface area contributed by atoms with Crippen LogP contribution in [0.3, 0.4) is 0 Å². The second kappa shape index (κ2) is 4.47. The molecule has 0 atom stereocenters. The molecule has 0 saturated heterocycles. The lowest BCUT2D eigenvalue weighted by atomic mass is 10.3. The number of carbonyl (C=O) groups is 1. The van der Waals surface area contributed by atoms with Crippen molar-refractivity contribution in [1.82, 2.24) is 14.5 Å². The minimum atomic E-state index is -0.892. The summed E-state index contributed by atoms with van der Waals surface area (Å²) < 4.78 is 1.69. The number of aryl methyl sites for hydroxylation is 1. The maximum Gasteiger partial charge on any atom is 0.323 e. The molecule has 0 aliphatic carbocycles. The standard InChI is InChI=1S/C13H11N3O2S/c1-8-14-10(7-19-8)13-15-9-4-2-3-5-11(9)16(13)6-12(17)18/h2-5,7H,6H2,1H3,(H,17,18). The second-order valence-corrected chi connectivity index (χ2v) is 5.22. The summed E-state index contributed by atoms with van der Waals surface area (Å²) in [5.41, 5.74) is 2.31. The first kappa shape index (κ1) is 11.9. The Morgan fingerprint density at radius 3 is 2.84 bits per heavy atom. The fourth-order valence-corrected chi connectivity index (χ4v) is 2.62. The van der Waals surface area contributed by atoms with Crippen LogP contribution < -0.4 is 0 Å². The van der Waals surface area contributed by atoms with E-state index in [1.807, 2.05) is 36.6 Å². The zero-order valence-electron chi connectivity index (χ0n) is 10.2. The largest absolute Gasteiger partial charge is 0.480 e. The Morgan fingerprint density at radius 1 is 1.37 bits per heavy atom. The molecule has 0 spiro atoms. The van der Waals surface area contributed by atoms with E-state index in [0.29, 0.717) is 5.82 Å². The lowest BCUT2D eigenvalue weighted by Crippen LogP contribution is -2.10. The van der Waals surface area contributed by atoms with Gasteiger partial charge in [-0.05, 0) is 19.1 Å². The van der Waals surface area contributed by atoms with E-state index >= 15 is 0 Å². The number of para-hydroxylation sites is 2. The molecule has 0 amide bonds. The van der Waals surface area contributed by atoms with Crippen LogP contribution in [-0.2, 0) is 11.3 Å². The van der Waals surface area contributed by atoms with E-state index in [9.17, 15) is 4.79 Å². The summed E-state index contributed by atoms with van der Waals surface area (Å²) in [6.45, 7) is 1.80. The number of aliphatic carboxylic acids is 1. The molecular weight excluding hydrogens is 262 g/mol.